The lowest BCUT2D eigenvalue weighted by Gasteiger charge is -2.20. The van der Waals surface area contributed by atoms with Crippen molar-refractivity contribution in [2.45, 2.75) is 45.7 Å². The van der Waals surface area contributed by atoms with Crippen molar-refractivity contribution in [3.63, 3.8) is 0 Å². The zero-order valence-electron chi connectivity index (χ0n) is 12.5. The van der Waals surface area contributed by atoms with E-state index < -0.39 is 0 Å². The number of aromatic nitrogens is 4. The van der Waals surface area contributed by atoms with Crippen LogP contribution >= 0.6 is 0 Å². The van der Waals surface area contributed by atoms with Gasteiger partial charge in [-0.15, -0.1) is 10.2 Å². The van der Waals surface area contributed by atoms with E-state index in [9.17, 15) is 0 Å². The van der Waals surface area contributed by atoms with Gasteiger partial charge in [0.1, 0.15) is 0 Å². The van der Waals surface area contributed by atoms with Crippen LogP contribution < -0.4 is 5.32 Å². The van der Waals surface area contributed by atoms with Crippen molar-refractivity contribution in [2.24, 2.45) is 0 Å². The summed E-state index contributed by atoms with van der Waals surface area (Å²) in [6.07, 6.45) is 2.16. The van der Waals surface area contributed by atoms with Gasteiger partial charge in [0.25, 0.3) is 0 Å². The van der Waals surface area contributed by atoms with Crippen molar-refractivity contribution in [3.05, 3.63) is 30.3 Å². The molecule has 0 bridgehead atoms. The summed E-state index contributed by atoms with van der Waals surface area (Å²) >= 11 is 0. The lowest BCUT2D eigenvalue weighted by atomic mass is 10.1. The topological polar surface area (TPSA) is 55.6 Å². The standard InChI is InChI=1S/C15H23N5/c1-15(2,3)16-11-7-8-12-20-18-14(17-19-20)13-9-5-4-6-10-13/h4-6,9-10,16H,7-8,11-12H2,1-3H3. The van der Waals surface area contributed by atoms with E-state index in [0.717, 1.165) is 31.5 Å². The number of unbranched alkanes of at least 4 members (excludes halogenated alkanes) is 1. The summed E-state index contributed by atoms with van der Waals surface area (Å²) < 4.78 is 0. The first-order valence-corrected chi connectivity index (χ1v) is 7.13. The Morgan fingerprint density at radius 2 is 1.85 bits per heavy atom. The van der Waals surface area contributed by atoms with E-state index in [0.29, 0.717) is 5.82 Å². The van der Waals surface area contributed by atoms with Crippen molar-refractivity contribution < 1.29 is 0 Å². The maximum absolute atomic E-state index is 4.40. The van der Waals surface area contributed by atoms with Crippen molar-refractivity contribution >= 4 is 0 Å². The van der Waals surface area contributed by atoms with Crippen LogP contribution in [0.4, 0.5) is 0 Å². The lowest BCUT2D eigenvalue weighted by molar-refractivity contribution is 0.405. The molecule has 0 aliphatic carbocycles. The molecule has 0 atom stereocenters. The predicted octanol–water partition coefficient (Wildman–Crippen LogP) is 2.51. The molecule has 0 amide bonds. The zero-order chi connectivity index (χ0) is 14.4. The second-order valence-electron chi connectivity index (χ2n) is 5.96. The molecule has 0 fully saturated rings. The minimum absolute atomic E-state index is 0.186. The van der Waals surface area contributed by atoms with E-state index in [-0.39, 0.29) is 5.54 Å². The van der Waals surface area contributed by atoms with Gasteiger partial charge in [0.15, 0.2) is 0 Å². The first-order chi connectivity index (χ1) is 9.54. The molecule has 20 heavy (non-hydrogen) atoms. The third-order valence-corrected chi connectivity index (χ3v) is 2.93. The summed E-state index contributed by atoms with van der Waals surface area (Å²) in [5.41, 5.74) is 1.19. The second kappa shape index (κ2) is 6.61. The number of hydrogen-bond acceptors (Lipinski definition) is 4. The number of nitrogens with zero attached hydrogens (tertiary/aromatic N) is 4. The Bertz CT molecular complexity index is 513. The van der Waals surface area contributed by atoms with Gasteiger partial charge in [0.05, 0.1) is 6.54 Å². The molecule has 0 aliphatic heterocycles. The van der Waals surface area contributed by atoms with Gasteiger partial charge in [0.2, 0.25) is 5.82 Å². The van der Waals surface area contributed by atoms with Crippen LogP contribution in [0.15, 0.2) is 30.3 Å². The minimum atomic E-state index is 0.186. The highest BCUT2D eigenvalue weighted by atomic mass is 15.6. The van der Waals surface area contributed by atoms with Gasteiger partial charge in [-0.3, -0.25) is 0 Å². The molecule has 1 N–H and O–H groups in total. The molecule has 2 rings (SSSR count). The highest BCUT2D eigenvalue weighted by Gasteiger charge is 2.08. The number of rotatable bonds is 6. The molecular formula is C15H23N5. The molecule has 2 aromatic rings. The van der Waals surface area contributed by atoms with Gasteiger partial charge in [0, 0.05) is 11.1 Å². The molecule has 0 saturated carbocycles. The molecular weight excluding hydrogens is 250 g/mol. The van der Waals surface area contributed by atoms with Crippen LogP contribution in [-0.4, -0.2) is 32.3 Å². The second-order valence-corrected chi connectivity index (χ2v) is 5.96. The molecule has 1 aromatic carbocycles. The number of benzene rings is 1. The van der Waals surface area contributed by atoms with Crippen LogP contribution in [0, 0.1) is 0 Å². The summed E-state index contributed by atoms with van der Waals surface area (Å²) in [7, 11) is 0. The Morgan fingerprint density at radius 1 is 1.10 bits per heavy atom. The van der Waals surface area contributed by atoms with Gasteiger partial charge in [-0.25, -0.2) is 0 Å². The Labute approximate surface area is 120 Å². The van der Waals surface area contributed by atoms with Crippen LogP contribution in [0.2, 0.25) is 0 Å². The maximum Gasteiger partial charge on any atom is 0.204 e. The Balaban J connectivity index is 1.76. The van der Waals surface area contributed by atoms with Crippen LogP contribution in [-0.2, 0) is 6.54 Å². The number of nitrogens with one attached hydrogen (secondary N) is 1. The fourth-order valence-corrected chi connectivity index (χ4v) is 1.88. The summed E-state index contributed by atoms with van der Waals surface area (Å²) in [6, 6.07) is 9.93. The Kier molecular flexibility index (Phi) is 4.84. The fraction of sp³-hybridized carbons (Fsp3) is 0.533. The van der Waals surface area contributed by atoms with E-state index >= 15 is 0 Å². The van der Waals surface area contributed by atoms with E-state index in [1.54, 1.807) is 4.80 Å². The van der Waals surface area contributed by atoms with E-state index in [4.69, 9.17) is 0 Å². The smallest absolute Gasteiger partial charge is 0.204 e. The molecule has 0 saturated heterocycles. The van der Waals surface area contributed by atoms with Crippen molar-refractivity contribution in [1.29, 1.82) is 0 Å². The molecule has 0 unspecified atom stereocenters. The molecule has 5 nitrogen and oxygen atoms in total. The normalized spacial score (nSPS) is 11.8. The van der Waals surface area contributed by atoms with Gasteiger partial charge in [-0.2, -0.15) is 4.80 Å². The first-order valence-electron chi connectivity index (χ1n) is 7.13. The van der Waals surface area contributed by atoms with Crippen LogP contribution in [0.5, 0.6) is 0 Å². The van der Waals surface area contributed by atoms with Gasteiger partial charge in [-0.05, 0) is 45.4 Å². The molecule has 0 radical (unpaired) electrons. The number of aryl methyl sites for hydroxylation is 1. The summed E-state index contributed by atoms with van der Waals surface area (Å²) in [6.45, 7) is 8.36. The third-order valence-electron chi connectivity index (χ3n) is 2.93. The van der Waals surface area contributed by atoms with Crippen LogP contribution in [0.3, 0.4) is 0 Å². The van der Waals surface area contributed by atoms with Crippen molar-refractivity contribution in [3.8, 4) is 11.4 Å². The average molecular weight is 273 g/mol. The summed E-state index contributed by atoms with van der Waals surface area (Å²) in [5.74, 6) is 0.693. The molecule has 5 heteroatoms. The van der Waals surface area contributed by atoms with E-state index in [2.05, 4.69) is 41.5 Å². The number of tetrazole rings is 1. The summed E-state index contributed by atoms with van der Waals surface area (Å²) in [4.78, 5) is 1.68. The first kappa shape index (κ1) is 14.7. The quantitative estimate of drug-likeness (QED) is 0.822. The molecule has 108 valence electrons. The van der Waals surface area contributed by atoms with Crippen LogP contribution in [0.25, 0.3) is 11.4 Å². The fourth-order valence-electron chi connectivity index (χ4n) is 1.88. The maximum atomic E-state index is 4.40. The Hall–Kier alpha value is -1.75. The Morgan fingerprint density at radius 3 is 2.55 bits per heavy atom. The third kappa shape index (κ3) is 4.74. The molecule has 0 spiro atoms. The highest BCUT2D eigenvalue weighted by molar-refractivity contribution is 5.52. The molecule has 1 heterocycles. The van der Waals surface area contributed by atoms with Gasteiger partial charge < -0.3 is 5.32 Å². The van der Waals surface area contributed by atoms with Gasteiger partial charge >= 0.3 is 0 Å². The van der Waals surface area contributed by atoms with Crippen molar-refractivity contribution in [2.75, 3.05) is 6.54 Å². The molecule has 1 aromatic heterocycles. The largest absolute Gasteiger partial charge is 0.312 e. The minimum Gasteiger partial charge on any atom is -0.312 e. The predicted molar refractivity (Wildman–Crippen MR) is 80.2 cm³/mol. The van der Waals surface area contributed by atoms with Crippen molar-refractivity contribution in [1.82, 2.24) is 25.5 Å². The van der Waals surface area contributed by atoms with Crippen LogP contribution in [0.1, 0.15) is 33.6 Å². The SMILES string of the molecule is CC(C)(C)NCCCCn1nnc(-c2ccccc2)n1. The molecule has 0 aliphatic rings. The summed E-state index contributed by atoms with van der Waals surface area (Å²) in [5, 5.41) is 16.1. The monoisotopic (exact) mass is 273 g/mol. The van der Waals surface area contributed by atoms with Gasteiger partial charge in [-0.1, -0.05) is 30.3 Å². The van der Waals surface area contributed by atoms with E-state index in [1.165, 1.54) is 0 Å². The number of hydrogen-bond donors (Lipinski definition) is 1. The highest BCUT2D eigenvalue weighted by Crippen LogP contribution is 2.11. The zero-order valence-corrected chi connectivity index (χ0v) is 12.5. The van der Waals surface area contributed by atoms with E-state index in [1.807, 2.05) is 30.3 Å². The average Bonchev–Trinajstić information content (AvgIpc) is 2.87. The lowest BCUT2D eigenvalue weighted by Crippen LogP contribution is -2.36.